The summed E-state index contributed by atoms with van der Waals surface area (Å²) in [6.45, 7) is 2.91. The molecule has 112 valence electrons. The average Bonchev–Trinajstić information content (AvgIpc) is 2.93. The van der Waals surface area contributed by atoms with E-state index in [1.165, 1.54) is 6.42 Å². The van der Waals surface area contributed by atoms with E-state index in [0.717, 1.165) is 42.4 Å². The van der Waals surface area contributed by atoms with Gasteiger partial charge < -0.3 is 9.67 Å². The molecule has 6 heteroatoms. The maximum Gasteiger partial charge on any atom is 0.191 e. The van der Waals surface area contributed by atoms with Crippen LogP contribution in [0.2, 0.25) is 0 Å². The lowest BCUT2D eigenvalue weighted by atomic mass is 9.97. The van der Waals surface area contributed by atoms with Gasteiger partial charge in [-0.25, -0.2) is 0 Å². The zero-order valence-electron chi connectivity index (χ0n) is 12.1. The molecule has 0 saturated heterocycles. The Kier molecular flexibility index (Phi) is 4.55. The van der Waals surface area contributed by atoms with Gasteiger partial charge in [0.05, 0.1) is 6.10 Å². The lowest BCUT2D eigenvalue weighted by Crippen LogP contribution is -2.27. The Hall–Kier alpha value is -1.40. The molecule has 2 heterocycles. The van der Waals surface area contributed by atoms with Crippen molar-refractivity contribution < 1.29 is 5.11 Å². The predicted octanol–water partition coefficient (Wildman–Crippen LogP) is 2.76. The summed E-state index contributed by atoms with van der Waals surface area (Å²) >= 11 is 1.66. The third-order valence-corrected chi connectivity index (χ3v) is 5.26. The smallest absolute Gasteiger partial charge is 0.191 e. The number of aliphatic hydroxyl groups is 1. The molecule has 2 aromatic heterocycles. The Labute approximate surface area is 128 Å². The van der Waals surface area contributed by atoms with E-state index in [4.69, 9.17) is 0 Å². The van der Waals surface area contributed by atoms with E-state index in [2.05, 4.69) is 26.7 Å². The molecular formula is C15H20N4OS. The Balaban J connectivity index is 1.85. The van der Waals surface area contributed by atoms with Gasteiger partial charge in [-0.15, -0.1) is 10.2 Å². The normalized spacial score (nSPS) is 22.4. The first-order chi connectivity index (χ1) is 10.3. The summed E-state index contributed by atoms with van der Waals surface area (Å²) in [5.74, 6) is 0.868. The lowest BCUT2D eigenvalue weighted by molar-refractivity contribution is 0.137. The highest BCUT2D eigenvalue weighted by molar-refractivity contribution is 7.99. The number of thioether (sulfide) groups is 1. The van der Waals surface area contributed by atoms with Crippen LogP contribution in [0.25, 0.3) is 11.4 Å². The zero-order valence-corrected chi connectivity index (χ0v) is 13.0. The lowest BCUT2D eigenvalue weighted by Gasteiger charge is -2.26. The summed E-state index contributed by atoms with van der Waals surface area (Å²) in [6, 6.07) is 3.89. The zero-order chi connectivity index (χ0) is 14.7. The molecule has 1 fully saturated rings. The number of nitrogens with zero attached hydrogens (tertiary/aromatic N) is 4. The summed E-state index contributed by atoms with van der Waals surface area (Å²) in [7, 11) is 0. The highest BCUT2D eigenvalue weighted by Crippen LogP contribution is 2.34. The first-order valence-corrected chi connectivity index (χ1v) is 8.36. The number of pyridine rings is 1. The van der Waals surface area contributed by atoms with Gasteiger partial charge in [-0.05, 0) is 31.9 Å². The molecule has 0 spiro atoms. The van der Waals surface area contributed by atoms with Crippen molar-refractivity contribution in [2.45, 2.75) is 55.7 Å². The Morgan fingerprint density at radius 1 is 1.24 bits per heavy atom. The van der Waals surface area contributed by atoms with E-state index in [1.54, 1.807) is 24.2 Å². The summed E-state index contributed by atoms with van der Waals surface area (Å²) in [5, 5.41) is 19.9. The maximum atomic E-state index is 10.1. The van der Waals surface area contributed by atoms with Crippen LogP contribution >= 0.6 is 11.8 Å². The van der Waals surface area contributed by atoms with Crippen LogP contribution in [0.4, 0.5) is 0 Å². The highest BCUT2D eigenvalue weighted by Gasteiger charge is 2.26. The molecule has 1 aliphatic carbocycles. The van der Waals surface area contributed by atoms with Crippen molar-refractivity contribution in [2.75, 3.05) is 0 Å². The average molecular weight is 304 g/mol. The third-order valence-electron chi connectivity index (χ3n) is 3.90. The molecule has 21 heavy (non-hydrogen) atoms. The van der Waals surface area contributed by atoms with Crippen molar-refractivity contribution in [2.24, 2.45) is 0 Å². The summed E-state index contributed by atoms with van der Waals surface area (Å²) in [6.07, 6.45) is 7.56. The van der Waals surface area contributed by atoms with Gasteiger partial charge in [-0.2, -0.15) is 0 Å². The first kappa shape index (κ1) is 14.5. The molecule has 2 unspecified atom stereocenters. The largest absolute Gasteiger partial charge is 0.392 e. The van der Waals surface area contributed by atoms with Gasteiger partial charge in [0.15, 0.2) is 11.0 Å². The fourth-order valence-corrected chi connectivity index (χ4v) is 4.00. The van der Waals surface area contributed by atoms with Crippen LogP contribution in [0, 0.1) is 0 Å². The van der Waals surface area contributed by atoms with E-state index in [-0.39, 0.29) is 11.4 Å². The molecule has 2 atom stereocenters. The van der Waals surface area contributed by atoms with Gasteiger partial charge in [-0.1, -0.05) is 24.6 Å². The number of hydrogen-bond donors (Lipinski definition) is 1. The monoisotopic (exact) mass is 304 g/mol. The van der Waals surface area contributed by atoms with Gasteiger partial charge in [0, 0.05) is 29.8 Å². The van der Waals surface area contributed by atoms with Crippen molar-refractivity contribution in [3.8, 4) is 11.4 Å². The number of hydrogen-bond acceptors (Lipinski definition) is 5. The number of rotatable bonds is 4. The van der Waals surface area contributed by atoms with Crippen molar-refractivity contribution >= 4 is 11.8 Å². The van der Waals surface area contributed by atoms with E-state index < -0.39 is 0 Å². The molecule has 0 aliphatic heterocycles. The van der Waals surface area contributed by atoms with Gasteiger partial charge in [0.1, 0.15) is 0 Å². The molecule has 0 bridgehead atoms. The van der Waals surface area contributed by atoms with Crippen molar-refractivity contribution in [1.82, 2.24) is 19.7 Å². The fourth-order valence-electron chi connectivity index (χ4n) is 2.73. The Bertz CT molecular complexity index is 587. The Morgan fingerprint density at radius 2 is 2.00 bits per heavy atom. The third kappa shape index (κ3) is 3.11. The second kappa shape index (κ2) is 6.58. The van der Waals surface area contributed by atoms with Crippen LogP contribution in [0.15, 0.2) is 29.7 Å². The van der Waals surface area contributed by atoms with Crippen LogP contribution in [-0.4, -0.2) is 36.2 Å². The first-order valence-electron chi connectivity index (χ1n) is 7.48. The minimum absolute atomic E-state index is 0.227. The summed E-state index contributed by atoms with van der Waals surface area (Å²) < 4.78 is 2.11. The summed E-state index contributed by atoms with van der Waals surface area (Å²) in [5.41, 5.74) is 1.02. The van der Waals surface area contributed by atoms with Crippen LogP contribution in [0.5, 0.6) is 0 Å². The van der Waals surface area contributed by atoms with Gasteiger partial charge in [0.2, 0.25) is 0 Å². The number of aromatic nitrogens is 4. The predicted molar refractivity (Wildman–Crippen MR) is 83.0 cm³/mol. The molecule has 1 N–H and O–H groups in total. The minimum atomic E-state index is -0.227. The highest BCUT2D eigenvalue weighted by atomic mass is 32.2. The fraction of sp³-hybridized carbons (Fsp3) is 0.533. The topological polar surface area (TPSA) is 63.8 Å². The van der Waals surface area contributed by atoms with Gasteiger partial charge in [-0.3, -0.25) is 4.98 Å². The van der Waals surface area contributed by atoms with E-state index in [9.17, 15) is 5.11 Å². The van der Waals surface area contributed by atoms with Crippen LogP contribution < -0.4 is 0 Å². The SMILES string of the molecule is CCn1c(SC2CCCCC2O)nnc1-c1ccncc1. The molecular weight excluding hydrogens is 284 g/mol. The Morgan fingerprint density at radius 3 is 2.71 bits per heavy atom. The molecule has 0 radical (unpaired) electrons. The van der Waals surface area contributed by atoms with Crippen molar-refractivity contribution in [3.05, 3.63) is 24.5 Å². The van der Waals surface area contributed by atoms with Crippen LogP contribution in [-0.2, 0) is 6.54 Å². The van der Waals surface area contributed by atoms with Gasteiger partial charge in [0.25, 0.3) is 0 Å². The summed E-state index contributed by atoms with van der Waals surface area (Å²) in [4.78, 5) is 4.04. The second-order valence-corrected chi connectivity index (χ2v) is 6.50. The van der Waals surface area contributed by atoms with Gasteiger partial charge >= 0.3 is 0 Å². The van der Waals surface area contributed by atoms with E-state index in [1.807, 2.05) is 12.1 Å². The second-order valence-electron chi connectivity index (χ2n) is 5.29. The quantitative estimate of drug-likeness (QED) is 0.941. The molecule has 0 amide bonds. The molecule has 3 rings (SSSR count). The van der Waals surface area contributed by atoms with Crippen molar-refractivity contribution in [3.63, 3.8) is 0 Å². The molecule has 1 saturated carbocycles. The van der Waals surface area contributed by atoms with Crippen LogP contribution in [0.1, 0.15) is 32.6 Å². The van der Waals surface area contributed by atoms with E-state index >= 15 is 0 Å². The number of aliphatic hydroxyl groups excluding tert-OH is 1. The molecule has 1 aliphatic rings. The molecule has 2 aromatic rings. The minimum Gasteiger partial charge on any atom is -0.392 e. The van der Waals surface area contributed by atoms with Crippen molar-refractivity contribution in [1.29, 1.82) is 0 Å². The van der Waals surface area contributed by atoms with E-state index in [0.29, 0.717) is 0 Å². The maximum absolute atomic E-state index is 10.1. The van der Waals surface area contributed by atoms with Crippen LogP contribution in [0.3, 0.4) is 0 Å². The molecule has 5 nitrogen and oxygen atoms in total. The molecule has 0 aromatic carbocycles. The standard InChI is InChI=1S/C15H20N4OS/c1-2-19-14(11-7-9-16-10-8-11)17-18-15(19)21-13-6-4-3-5-12(13)20/h7-10,12-13,20H,2-6H2,1H3.